The van der Waals surface area contributed by atoms with Gasteiger partial charge in [0.15, 0.2) is 0 Å². The first-order chi connectivity index (χ1) is 6.34. The van der Waals surface area contributed by atoms with Crippen LogP contribution in [0.15, 0.2) is 0 Å². The standard InChI is InChI=1S/C8H17N3OS/c1-2-4-13-5-3-11-7-9-6-10-8(11)12/h9H,2-7H2,1H3,(H,10,12). The molecule has 0 aromatic heterocycles. The van der Waals surface area contributed by atoms with Gasteiger partial charge in [0.05, 0.1) is 13.3 Å². The summed E-state index contributed by atoms with van der Waals surface area (Å²) in [5.74, 6) is 2.21. The Bertz CT molecular complexity index is 165. The van der Waals surface area contributed by atoms with Crippen LogP contribution in [0.25, 0.3) is 0 Å². The highest BCUT2D eigenvalue weighted by Gasteiger charge is 2.15. The first-order valence-electron chi connectivity index (χ1n) is 4.66. The number of amides is 2. The molecule has 0 atom stereocenters. The molecular weight excluding hydrogens is 186 g/mol. The quantitative estimate of drug-likeness (QED) is 0.645. The van der Waals surface area contributed by atoms with Crippen molar-refractivity contribution in [2.24, 2.45) is 0 Å². The van der Waals surface area contributed by atoms with Crippen LogP contribution in [-0.4, -0.2) is 42.3 Å². The third-order valence-electron chi connectivity index (χ3n) is 1.81. The zero-order chi connectivity index (χ0) is 9.52. The molecule has 1 rings (SSSR count). The molecule has 1 saturated heterocycles. The van der Waals surface area contributed by atoms with Gasteiger partial charge in [0.1, 0.15) is 0 Å². The van der Waals surface area contributed by atoms with Crippen LogP contribution in [0.1, 0.15) is 13.3 Å². The van der Waals surface area contributed by atoms with Crippen LogP contribution in [0.2, 0.25) is 0 Å². The maximum atomic E-state index is 11.2. The summed E-state index contributed by atoms with van der Waals surface area (Å²) < 4.78 is 0. The molecule has 1 aliphatic heterocycles. The molecule has 2 N–H and O–H groups in total. The first-order valence-corrected chi connectivity index (χ1v) is 5.81. The Morgan fingerprint density at radius 3 is 3.08 bits per heavy atom. The van der Waals surface area contributed by atoms with Crippen LogP contribution in [0.3, 0.4) is 0 Å². The number of urea groups is 1. The molecule has 0 saturated carbocycles. The van der Waals surface area contributed by atoms with Crippen LogP contribution in [0.4, 0.5) is 4.79 Å². The maximum Gasteiger partial charge on any atom is 0.319 e. The summed E-state index contributed by atoms with van der Waals surface area (Å²) in [6, 6.07) is 0.0517. The molecule has 0 aromatic rings. The van der Waals surface area contributed by atoms with Gasteiger partial charge in [-0.1, -0.05) is 6.92 Å². The monoisotopic (exact) mass is 203 g/mol. The molecule has 4 nitrogen and oxygen atoms in total. The molecule has 0 aromatic carbocycles. The van der Waals surface area contributed by atoms with E-state index in [-0.39, 0.29) is 6.03 Å². The van der Waals surface area contributed by atoms with E-state index in [0.717, 1.165) is 12.3 Å². The number of carbonyl (C=O) groups excluding carboxylic acids is 1. The minimum absolute atomic E-state index is 0.0517. The van der Waals surface area contributed by atoms with Crippen molar-refractivity contribution in [2.75, 3.05) is 31.4 Å². The SMILES string of the molecule is CCCSCCN1CNCNC1=O. The van der Waals surface area contributed by atoms with Gasteiger partial charge in [0, 0.05) is 12.3 Å². The molecule has 76 valence electrons. The van der Waals surface area contributed by atoms with Crippen molar-refractivity contribution in [1.82, 2.24) is 15.5 Å². The van der Waals surface area contributed by atoms with Crippen LogP contribution >= 0.6 is 11.8 Å². The van der Waals surface area contributed by atoms with Crippen LogP contribution in [0, 0.1) is 0 Å². The first kappa shape index (κ1) is 10.7. The summed E-state index contributed by atoms with van der Waals surface area (Å²) in [7, 11) is 0. The van der Waals surface area contributed by atoms with Crippen LogP contribution < -0.4 is 10.6 Å². The fraction of sp³-hybridized carbons (Fsp3) is 0.875. The molecule has 0 unspecified atom stereocenters. The fourth-order valence-corrected chi connectivity index (χ4v) is 1.96. The minimum Gasteiger partial charge on any atom is -0.325 e. The average Bonchev–Trinajstić information content (AvgIpc) is 2.15. The van der Waals surface area contributed by atoms with Crippen LogP contribution in [-0.2, 0) is 0 Å². The van der Waals surface area contributed by atoms with E-state index in [1.807, 2.05) is 11.8 Å². The Balaban J connectivity index is 2.08. The highest BCUT2D eigenvalue weighted by atomic mass is 32.2. The van der Waals surface area contributed by atoms with Gasteiger partial charge >= 0.3 is 6.03 Å². The fourth-order valence-electron chi connectivity index (χ4n) is 1.11. The zero-order valence-corrected chi connectivity index (χ0v) is 8.82. The second-order valence-electron chi connectivity index (χ2n) is 2.94. The van der Waals surface area contributed by atoms with Gasteiger partial charge < -0.3 is 10.2 Å². The summed E-state index contributed by atoms with van der Waals surface area (Å²) >= 11 is 1.90. The Labute approximate surface area is 83.4 Å². The Kier molecular flexibility index (Phi) is 5.00. The van der Waals surface area contributed by atoms with E-state index in [9.17, 15) is 4.79 Å². The summed E-state index contributed by atoms with van der Waals surface area (Å²) in [6.45, 7) is 4.28. The molecule has 1 heterocycles. The second-order valence-corrected chi connectivity index (χ2v) is 4.17. The highest BCUT2D eigenvalue weighted by molar-refractivity contribution is 7.99. The molecule has 13 heavy (non-hydrogen) atoms. The molecule has 0 aliphatic carbocycles. The van der Waals surface area contributed by atoms with E-state index >= 15 is 0 Å². The van der Waals surface area contributed by atoms with E-state index in [1.165, 1.54) is 12.2 Å². The molecule has 0 spiro atoms. The Hall–Kier alpha value is -0.420. The summed E-state index contributed by atoms with van der Waals surface area (Å²) in [6.07, 6.45) is 1.20. The van der Waals surface area contributed by atoms with Gasteiger partial charge in [0.2, 0.25) is 0 Å². The Morgan fingerprint density at radius 2 is 2.38 bits per heavy atom. The predicted octanol–water partition coefficient (Wildman–Crippen LogP) is 0.659. The largest absolute Gasteiger partial charge is 0.325 e. The van der Waals surface area contributed by atoms with Gasteiger partial charge in [-0.25, -0.2) is 4.79 Å². The number of hydrogen-bond acceptors (Lipinski definition) is 3. The third-order valence-corrected chi connectivity index (χ3v) is 2.98. The van der Waals surface area contributed by atoms with Crippen molar-refractivity contribution < 1.29 is 4.79 Å². The van der Waals surface area contributed by atoms with E-state index < -0.39 is 0 Å². The topological polar surface area (TPSA) is 44.4 Å². The lowest BCUT2D eigenvalue weighted by molar-refractivity contribution is 0.182. The number of nitrogens with zero attached hydrogens (tertiary/aromatic N) is 1. The van der Waals surface area contributed by atoms with Crippen molar-refractivity contribution in [3.05, 3.63) is 0 Å². The summed E-state index contributed by atoms with van der Waals surface area (Å²) in [4.78, 5) is 13.0. The highest BCUT2D eigenvalue weighted by Crippen LogP contribution is 2.03. The zero-order valence-electron chi connectivity index (χ0n) is 8.01. The summed E-state index contributed by atoms with van der Waals surface area (Å²) in [5.41, 5.74) is 0. The molecule has 2 amide bonds. The predicted molar refractivity (Wildman–Crippen MR) is 55.7 cm³/mol. The molecule has 0 radical (unpaired) electrons. The molecule has 0 bridgehead atoms. The van der Waals surface area contributed by atoms with Crippen molar-refractivity contribution in [2.45, 2.75) is 13.3 Å². The van der Waals surface area contributed by atoms with Gasteiger partial charge in [-0.05, 0) is 12.2 Å². The normalized spacial score (nSPS) is 17.3. The van der Waals surface area contributed by atoms with Crippen molar-refractivity contribution in [1.29, 1.82) is 0 Å². The van der Waals surface area contributed by atoms with Crippen molar-refractivity contribution in [3.8, 4) is 0 Å². The third kappa shape index (κ3) is 3.87. The minimum atomic E-state index is 0.0517. The number of thioether (sulfide) groups is 1. The lowest BCUT2D eigenvalue weighted by Gasteiger charge is -2.27. The van der Waals surface area contributed by atoms with Crippen molar-refractivity contribution in [3.63, 3.8) is 0 Å². The van der Waals surface area contributed by atoms with Gasteiger partial charge in [-0.2, -0.15) is 11.8 Å². The molecule has 5 heteroatoms. The van der Waals surface area contributed by atoms with E-state index in [2.05, 4.69) is 17.6 Å². The van der Waals surface area contributed by atoms with Crippen LogP contribution in [0.5, 0.6) is 0 Å². The van der Waals surface area contributed by atoms with Gasteiger partial charge in [-0.3, -0.25) is 5.32 Å². The van der Waals surface area contributed by atoms with E-state index in [0.29, 0.717) is 13.3 Å². The van der Waals surface area contributed by atoms with E-state index in [1.54, 1.807) is 4.90 Å². The van der Waals surface area contributed by atoms with E-state index in [4.69, 9.17) is 0 Å². The number of rotatable bonds is 5. The molecular formula is C8H17N3OS. The maximum absolute atomic E-state index is 11.2. The molecule has 1 aliphatic rings. The molecule has 1 fully saturated rings. The lowest BCUT2D eigenvalue weighted by atomic mass is 10.5. The van der Waals surface area contributed by atoms with Gasteiger partial charge in [0.25, 0.3) is 0 Å². The summed E-state index contributed by atoms with van der Waals surface area (Å²) in [5, 5.41) is 5.83. The second kappa shape index (κ2) is 6.10. The number of carbonyl (C=O) groups is 1. The average molecular weight is 203 g/mol. The smallest absolute Gasteiger partial charge is 0.319 e. The van der Waals surface area contributed by atoms with Crippen molar-refractivity contribution >= 4 is 17.8 Å². The lowest BCUT2D eigenvalue weighted by Crippen LogP contribution is -2.54. The Morgan fingerprint density at radius 1 is 1.54 bits per heavy atom. The number of nitrogens with one attached hydrogen (secondary N) is 2. The number of hydrogen-bond donors (Lipinski definition) is 2. The van der Waals surface area contributed by atoms with Gasteiger partial charge in [-0.15, -0.1) is 0 Å².